The average Bonchev–Trinajstić information content (AvgIpc) is 2.74. The molecule has 0 atom stereocenters. The van der Waals surface area contributed by atoms with Crippen molar-refractivity contribution in [3.63, 3.8) is 0 Å². The molecule has 0 saturated heterocycles. The topological polar surface area (TPSA) is 29.5 Å². The lowest BCUT2D eigenvalue weighted by Gasteiger charge is -2.26. The lowest BCUT2D eigenvalue weighted by Crippen LogP contribution is -2.22. The highest BCUT2D eigenvalue weighted by atomic mass is 19.1. The maximum absolute atomic E-state index is 14.7. The minimum atomic E-state index is -0.739. The third kappa shape index (κ3) is 5.77. The lowest BCUT2D eigenvalue weighted by molar-refractivity contribution is -0.137. The Bertz CT molecular complexity index is 940. The molecule has 0 aliphatic rings. The van der Waals surface area contributed by atoms with Crippen molar-refractivity contribution in [3.05, 3.63) is 107 Å². The molecule has 3 aromatic rings. The molecule has 3 nitrogen and oxygen atoms in total. The van der Waals surface area contributed by atoms with E-state index in [-0.39, 0.29) is 12.2 Å². The Morgan fingerprint density at radius 3 is 1.87 bits per heavy atom. The number of anilines is 1. The van der Waals surface area contributed by atoms with Gasteiger partial charge in [0, 0.05) is 30.4 Å². The number of hydrogen-bond acceptors (Lipinski definition) is 3. The first-order chi connectivity index (χ1) is 14.6. The Labute approximate surface area is 175 Å². The van der Waals surface area contributed by atoms with Crippen LogP contribution in [0, 0.1) is 11.6 Å². The van der Waals surface area contributed by atoms with Gasteiger partial charge in [0.15, 0.2) is 0 Å². The van der Waals surface area contributed by atoms with E-state index < -0.39 is 17.6 Å². The molecule has 3 aromatic carbocycles. The van der Waals surface area contributed by atoms with Gasteiger partial charge in [0.1, 0.15) is 11.6 Å². The summed E-state index contributed by atoms with van der Waals surface area (Å²) in [5.74, 6) is -2.12. The van der Waals surface area contributed by atoms with Gasteiger partial charge in [0.25, 0.3) is 0 Å². The molecule has 0 saturated carbocycles. The standard InChI is InChI=1S/C25H23F2NO2/c1-2-30-25(29)14-13-22-23(26)15-21(16-24(22)27)28(17-19-9-5-3-6-10-19)18-20-11-7-4-8-12-20/h3-16H,2,17-18H2,1H3. The van der Waals surface area contributed by atoms with Crippen molar-refractivity contribution >= 4 is 17.7 Å². The molecule has 154 valence electrons. The predicted octanol–water partition coefficient (Wildman–Crippen LogP) is 5.75. The Kier molecular flexibility index (Phi) is 7.33. The molecule has 3 rings (SSSR count). The van der Waals surface area contributed by atoms with E-state index in [0.717, 1.165) is 23.3 Å². The fourth-order valence-electron chi connectivity index (χ4n) is 3.10. The average molecular weight is 407 g/mol. The van der Waals surface area contributed by atoms with Crippen LogP contribution in [-0.4, -0.2) is 12.6 Å². The number of carbonyl (C=O) groups excluding carboxylic acids is 1. The molecule has 0 spiro atoms. The predicted molar refractivity (Wildman–Crippen MR) is 115 cm³/mol. The first-order valence-electron chi connectivity index (χ1n) is 9.73. The number of rotatable bonds is 8. The van der Waals surface area contributed by atoms with Gasteiger partial charge in [-0.15, -0.1) is 0 Å². The van der Waals surface area contributed by atoms with Crippen molar-refractivity contribution in [3.8, 4) is 0 Å². The van der Waals surface area contributed by atoms with Gasteiger partial charge in [-0.1, -0.05) is 60.7 Å². The molecule has 0 aliphatic heterocycles. The van der Waals surface area contributed by atoms with Crippen LogP contribution >= 0.6 is 0 Å². The zero-order valence-electron chi connectivity index (χ0n) is 16.7. The van der Waals surface area contributed by atoms with Crippen LogP contribution in [0.1, 0.15) is 23.6 Å². The van der Waals surface area contributed by atoms with Crippen LogP contribution in [0.3, 0.4) is 0 Å². The second-order valence-corrected chi connectivity index (χ2v) is 6.74. The largest absolute Gasteiger partial charge is 0.463 e. The van der Waals surface area contributed by atoms with Gasteiger partial charge in [-0.3, -0.25) is 0 Å². The molecule has 0 heterocycles. The molecular weight excluding hydrogens is 384 g/mol. The third-order valence-corrected chi connectivity index (χ3v) is 4.53. The van der Waals surface area contributed by atoms with Crippen LogP contribution in [0.5, 0.6) is 0 Å². The fourth-order valence-corrected chi connectivity index (χ4v) is 3.10. The van der Waals surface area contributed by atoms with Crippen LogP contribution in [-0.2, 0) is 22.6 Å². The molecule has 5 heteroatoms. The number of esters is 1. The Morgan fingerprint density at radius 1 is 0.900 bits per heavy atom. The molecule has 0 N–H and O–H groups in total. The SMILES string of the molecule is CCOC(=O)C=Cc1c(F)cc(N(Cc2ccccc2)Cc2ccccc2)cc1F. The fraction of sp³-hybridized carbons (Fsp3) is 0.160. The Balaban J connectivity index is 1.91. The van der Waals surface area contributed by atoms with Crippen LogP contribution in [0.15, 0.2) is 78.9 Å². The van der Waals surface area contributed by atoms with Crippen molar-refractivity contribution < 1.29 is 18.3 Å². The van der Waals surface area contributed by atoms with Gasteiger partial charge in [-0.05, 0) is 36.3 Å². The molecule has 0 amide bonds. The van der Waals surface area contributed by atoms with E-state index in [1.165, 1.54) is 12.1 Å². The maximum atomic E-state index is 14.7. The second-order valence-electron chi connectivity index (χ2n) is 6.74. The van der Waals surface area contributed by atoms with Crippen LogP contribution in [0.2, 0.25) is 0 Å². The quantitative estimate of drug-likeness (QED) is 0.352. The summed E-state index contributed by atoms with van der Waals surface area (Å²) < 4.78 is 34.2. The monoisotopic (exact) mass is 407 g/mol. The van der Waals surface area contributed by atoms with Crippen molar-refractivity contribution in [2.45, 2.75) is 20.0 Å². The third-order valence-electron chi connectivity index (χ3n) is 4.53. The highest BCUT2D eigenvalue weighted by Gasteiger charge is 2.15. The minimum Gasteiger partial charge on any atom is -0.463 e. The van der Waals surface area contributed by atoms with E-state index in [1.54, 1.807) is 6.92 Å². The molecular formula is C25H23F2NO2. The van der Waals surface area contributed by atoms with Crippen molar-refractivity contribution in [1.29, 1.82) is 0 Å². The van der Waals surface area contributed by atoms with Crippen molar-refractivity contribution in [2.75, 3.05) is 11.5 Å². The minimum absolute atomic E-state index is 0.195. The van der Waals surface area contributed by atoms with E-state index in [1.807, 2.05) is 65.6 Å². The molecule has 0 fully saturated rings. The van der Waals surface area contributed by atoms with E-state index in [4.69, 9.17) is 4.74 Å². The molecule has 0 bridgehead atoms. The van der Waals surface area contributed by atoms with Gasteiger partial charge in [-0.2, -0.15) is 0 Å². The van der Waals surface area contributed by atoms with Crippen LogP contribution in [0.4, 0.5) is 14.5 Å². The smallest absolute Gasteiger partial charge is 0.330 e. The maximum Gasteiger partial charge on any atom is 0.330 e. The van der Waals surface area contributed by atoms with Crippen LogP contribution < -0.4 is 4.90 Å². The van der Waals surface area contributed by atoms with E-state index in [2.05, 4.69) is 0 Å². The first-order valence-corrected chi connectivity index (χ1v) is 9.73. The summed E-state index contributed by atoms with van der Waals surface area (Å²) in [6, 6.07) is 22.1. The van der Waals surface area contributed by atoms with Crippen molar-refractivity contribution in [2.24, 2.45) is 0 Å². The molecule has 0 unspecified atom stereocenters. The zero-order chi connectivity index (χ0) is 21.3. The van der Waals surface area contributed by atoms with Crippen molar-refractivity contribution in [1.82, 2.24) is 0 Å². The second kappa shape index (κ2) is 10.3. The zero-order valence-corrected chi connectivity index (χ0v) is 16.7. The molecule has 0 aliphatic carbocycles. The summed E-state index contributed by atoms with van der Waals surface area (Å²) in [7, 11) is 0. The van der Waals surface area contributed by atoms with E-state index in [0.29, 0.717) is 18.8 Å². The first kappa shape index (κ1) is 21.2. The Morgan fingerprint density at radius 2 is 1.40 bits per heavy atom. The number of halogens is 2. The number of ether oxygens (including phenoxy) is 1. The van der Waals surface area contributed by atoms with E-state index >= 15 is 0 Å². The van der Waals surface area contributed by atoms with Gasteiger partial charge < -0.3 is 9.64 Å². The van der Waals surface area contributed by atoms with Gasteiger partial charge in [0.05, 0.1) is 6.61 Å². The molecule has 30 heavy (non-hydrogen) atoms. The Hall–Kier alpha value is -3.47. The van der Waals surface area contributed by atoms with Gasteiger partial charge in [-0.25, -0.2) is 13.6 Å². The highest BCUT2D eigenvalue weighted by Crippen LogP contribution is 2.26. The lowest BCUT2D eigenvalue weighted by atomic mass is 10.1. The molecule has 0 aromatic heterocycles. The summed E-state index contributed by atoms with van der Waals surface area (Å²) in [5.41, 5.74) is 2.21. The summed E-state index contributed by atoms with van der Waals surface area (Å²) in [6.45, 7) is 2.84. The number of benzene rings is 3. The summed E-state index contributed by atoms with van der Waals surface area (Å²) in [6.07, 6.45) is 2.13. The summed E-state index contributed by atoms with van der Waals surface area (Å²) in [5, 5.41) is 0. The number of nitrogens with zero attached hydrogens (tertiary/aromatic N) is 1. The number of carbonyl (C=O) groups is 1. The summed E-state index contributed by atoms with van der Waals surface area (Å²) >= 11 is 0. The highest BCUT2D eigenvalue weighted by molar-refractivity contribution is 5.87. The van der Waals surface area contributed by atoms with E-state index in [9.17, 15) is 13.6 Å². The van der Waals surface area contributed by atoms with Crippen LogP contribution in [0.25, 0.3) is 6.08 Å². The summed E-state index contributed by atoms with van der Waals surface area (Å²) in [4.78, 5) is 13.4. The molecule has 0 radical (unpaired) electrons. The van der Waals surface area contributed by atoms with Gasteiger partial charge in [0.2, 0.25) is 0 Å². The van der Waals surface area contributed by atoms with Gasteiger partial charge >= 0.3 is 5.97 Å². The number of hydrogen-bond donors (Lipinski definition) is 0. The normalized spacial score (nSPS) is 10.9.